The van der Waals surface area contributed by atoms with E-state index in [1.165, 1.54) is 7.11 Å². The first-order valence-electron chi connectivity index (χ1n) is 14.8. The Labute approximate surface area is 249 Å². The standard InChI is InChI=1S/C32H35FN6O4/c1-37-13-5-7-22(37)18-43-31-34-29-26(30(35-31)38-16-20-9-10-21(17-38)39(20)32(41)36-42-2)12-11-25(28(29)33)27-15-23(40)14-19-6-3-4-8-24(19)27/h3-4,6,8,11-12,14-15,20-22,40H,5,7,9-10,13,16-18H2,1-2H3,(H,36,41)/t20-,21+,22?. The molecule has 10 nitrogen and oxygen atoms in total. The molecule has 3 aliphatic heterocycles. The van der Waals surface area contributed by atoms with Crippen LogP contribution in [0.25, 0.3) is 32.8 Å². The van der Waals surface area contributed by atoms with Crippen molar-refractivity contribution in [2.45, 2.75) is 43.8 Å². The van der Waals surface area contributed by atoms with E-state index in [1.807, 2.05) is 35.2 Å². The fraction of sp³-hybridized carbons (Fsp3) is 0.406. The molecule has 4 heterocycles. The minimum Gasteiger partial charge on any atom is -0.508 e. The number of ether oxygens (including phenoxy) is 1. The normalized spacial score (nSPS) is 22.1. The number of amides is 2. The molecule has 2 N–H and O–H groups in total. The fourth-order valence-electron chi connectivity index (χ4n) is 7.07. The zero-order valence-corrected chi connectivity index (χ0v) is 24.3. The van der Waals surface area contributed by atoms with Crippen molar-refractivity contribution in [2.75, 3.05) is 45.3 Å². The number of halogens is 1. The Morgan fingerprint density at radius 3 is 2.58 bits per heavy atom. The highest BCUT2D eigenvalue weighted by atomic mass is 19.1. The Bertz CT molecular complexity index is 1690. The van der Waals surface area contributed by atoms with Crippen LogP contribution in [-0.4, -0.2) is 89.4 Å². The molecule has 1 unspecified atom stereocenters. The molecule has 2 amide bonds. The number of hydrogen-bond acceptors (Lipinski definition) is 8. The average Bonchev–Trinajstić information content (AvgIpc) is 3.54. The van der Waals surface area contributed by atoms with Crippen LogP contribution in [0.3, 0.4) is 0 Å². The molecule has 2 bridgehead atoms. The number of piperazine rings is 1. The van der Waals surface area contributed by atoms with Gasteiger partial charge in [-0.15, -0.1) is 0 Å². The number of aromatic hydroxyl groups is 1. The third kappa shape index (κ3) is 4.96. The topological polar surface area (TPSA) is 103 Å². The molecular formula is C32H35FN6O4. The summed E-state index contributed by atoms with van der Waals surface area (Å²) in [6.45, 7) is 2.52. The Balaban J connectivity index is 1.31. The third-order valence-corrected chi connectivity index (χ3v) is 9.18. The van der Waals surface area contributed by atoms with Gasteiger partial charge in [-0.2, -0.15) is 9.97 Å². The number of carbonyl (C=O) groups excluding carboxylic acids is 1. The van der Waals surface area contributed by atoms with Crippen LogP contribution in [0.1, 0.15) is 25.7 Å². The molecule has 4 aromatic rings. The van der Waals surface area contributed by atoms with Gasteiger partial charge in [0.25, 0.3) is 0 Å². The van der Waals surface area contributed by atoms with E-state index in [9.17, 15) is 9.90 Å². The van der Waals surface area contributed by atoms with Crippen LogP contribution in [-0.2, 0) is 4.84 Å². The number of nitrogens with one attached hydrogen (secondary N) is 1. The monoisotopic (exact) mass is 586 g/mol. The largest absolute Gasteiger partial charge is 0.508 e. The molecule has 3 saturated heterocycles. The van der Waals surface area contributed by atoms with Gasteiger partial charge in [0.15, 0.2) is 5.82 Å². The smallest absolute Gasteiger partial charge is 0.341 e. The SMILES string of the molecule is CONC(=O)N1[C@@H]2CC[C@H]1CN(c1nc(OCC3CCCN3C)nc3c(F)c(-c4cc(O)cc5ccccc45)ccc13)C2. The van der Waals surface area contributed by atoms with E-state index in [4.69, 9.17) is 14.6 Å². The maximum absolute atomic E-state index is 16.6. The summed E-state index contributed by atoms with van der Waals surface area (Å²) in [6.07, 6.45) is 3.85. The second-order valence-electron chi connectivity index (χ2n) is 11.8. The van der Waals surface area contributed by atoms with Crippen molar-refractivity contribution in [1.29, 1.82) is 0 Å². The predicted octanol–water partition coefficient (Wildman–Crippen LogP) is 4.69. The summed E-state index contributed by atoms with van der Waals surface area (Å²) in [5, 5.41) is 12.7. The molecule has 3 atom stereocenters. The second-order valence-corrected chi connectivity index (χ2v) is 11.8. The van der Waals surface area contributed by atoms with Crippen LogP contribution < -0.4 is 15.1 Å². The van der Waals surface area contributed by atoms with Crippen LogP contribution in [0.5, 0.6) is 11.8 Å². The van der Waals surface area contributed by atoms with Gasteiger partial charge in [0, 0.05) is 30.1 Å². The zero-order valence-electron chi connectivity index (χ0n) is 24.3. The first-order valence-corrected chi connectivity index (χ1v) is 14.8. The van der Waals surface area contributed by atoms with Gasteiger partial charge in [0.05, 0.1) is 19.2 Å². The Kier molecular flexibility index (Phi) is 7.14. The highest BCUT2D eigenvalue weighted by Gasteiger charge is 2.43. The summed E-state index contributed by atoms with van der Waals surface area (Å²) < 4.78 is 22.8. The van der Waals surface area contributed by atoms with Crippen molar-refractivity contribution in [1.82, 2.24) is 25.2 Å². The summed E-state index contributed by atoms with van der Waals surface area (Å²) >= 11 is 0. The molecule has 3 aromatic carbocycles. The van der Waals surface area contributed by atoms with Crippen LogP contribution in [0, 0.1) is 5.82 Å². The fourth-order valence-corrected chi connectivity index (χ4v) is 7.07. The van der Waals surface area contributed by atoms with Gasteiger partial charge < -0.3 is 24.5 Å². The lowest BCUT2D eigenvalue weighted by Crippen LogP contribution is -2.58. The lowest BCUT2D eigenvalue weighted by Gasteiger charge is -2.41. The zero-order chi connectivity index (χ0) is 29.7. The van der Waals surface area contributed by atoms with Gasteiger partial charge in [-0.25, -0.2) is 14.7 Å². The molecule has 43 heavy (non-hydrogen) atoms. The minimum absolute atomic E-state index is 0.0294. The number of anilines is 1. The lowest BCUT2D eigenvalue weighted by molar-refractivity contribution is 0.0736. The molecule has 11 heteroatoms. The average molecular weight is 587 g/mol. The Hall–Kier alpha value is -4.22. The summed E-state index contributed by atoms with van der Waals surface area (Å²) in [5.74, 6) is 0.155. The summed E-state index contributed by atoms with van der Waals surface area (Å²) in [5.41, 5.74) is 3.54. The molecule has 0 radical (unpaired) electrons. The Morgan fingerprint density at radius 2 is 1.84 bits per heavy atom. The number of carbonyl (C=O) groups is 1. The number of phenolic OH excluding ortho intramolecular Hbond substituents is 1. The number of aromatic nitrogens is 2. The molecule has 0 spiro atoms. The lowest BCUT2D eigenvalue weighted by atomic mass is 9.96. The first kappa shape index (κ1) is 27.6. The number of fused-ring (bicyclic) bond motifs is 4. The molecule has 0 aliphatic carbocycles. The molecule has 3 aliphatic rings. The van der Waals surface area contributed by atoms with Crippen molar-refractivity contribution in [3.63, 3.8) is 0 Å². The molecule has 0 saturated carbocycles. The summed E-state index contributed by atoms with van der Waals surface area (Å²) in [4.78, 5) is 33.3. The van der Waals surface area contributed by atoms with Crippen LogP contribution in [0.2, 0.25) is 0 Å². The van der Waals surface area contributed by atoms with Gasteiger partial charge in [0.1, 0.15) is 23.7 Å². The van der Waals surface area contributed by atoms with Crippen molar-refractivity contribution >= 4 is 33.5 Å². The van der Waals surface area contributed by atoms with E-state index < -0.39 is 5.82 Å². The number of phenols is 1. The van der Waals surface area contributed by atoms with Gasteiger partial charge in [-0.3, -0.25) is 4.84 Å². The minimum atomic E-state index is -0.499. The highest BCUT2D eigenvalue weighted by molar-refractivity contribution is 6.01. The molecular weight excluding hydrogens is 551 g/mol. The number of benzene rings is 3. The maximum atomic E-state index is 16.6. The van der Waals surface area contributed by atoms with E-state index in [0.717, 1.165) is 43.0 Å². The third-order valence-electron chi connectivity index (χ3n) is 9.18. The van der Waals surface area contributed by atoms with E-state index >= 15 is 4.39 Å². The quantitative estimate of drug-likeness (QED) is 0.314. The van der Waals surface area contributed by atoms with Crippen molar-refractivity contribution in [2.24, 2.45) is 0 Å². The number of likely N-dealkylation sites (tertiary alicyclic amines) is 1. The molecule has 3 fully saturated rings. The van der Waals surface area contributed by atoms with Gasteiger partial charge in [-0.1, -0.05) is 30.3 Å². The van der Waals surface area contributed by atoms with Crippen molar-refractivity contribution < 1.29 is 23.9 Å². The molecule has 1 aromatic heterocycles. The summed E-state index contributed by atoms with van der Waals surface area (Å²) in [7, 11) is 3.50. The number of nitrogens with zero attached hydrogens (tertiary/aromatic N) is 5. The van der Waals surface area contributed by atoms with Crippen molar-refractivity contribution in [3.05, 3.63) is 54.3 Å². The Morgan fingerprint density at radius 1 is 1.05 bits per heavy atom. The van der Waals surface area contributed by atoms with E-state index in [2.05, 4.69) is 27.3 Å². The number of urea groups is 1. The van der Waals surface area contributed by atoms with Crippen LogP contribution >= 0.6 is 0 Å². The number of hydrogen-bond donors (Lipinski definition) is 2. The van der Waals surface area contributed by atoms with Crippen molar-refractivity contribution in [3.8, 4) is 22.9 Å². The van der Waals surface area contributed by atoms with E-state index in [-0.39, 0.29) is 41.4 Å². The van der Waals surface area contributed by atoms with Crippen LogP contribution in [0.15, 0.2) is 48.5 Å². The second kappa shape index (κ2) is 11.1. The maximum Gasteiger partial charge on any atom is 0.341 e. The molecule has 7 rings (SSSR count). The van der Waals surface area contributed by atoms with Gasteiger partial charge in [-0.05, 0) is 73.8 Å². The number of likely N-dealkylation sites (N-methyl/N-ethyl adjacent to an activating group) is 1. The van der Waals surface area contributed by atoms with Crippen LogP contribution in [0.4, 0.5) is 15.0 Å². The highest BCUT2D eigenvalue weighted by Crippen LogP contribution is 2.40. The first-order chi connectivity index (χ1) is 20.9. The van der Waals surface area contributed by atoms with Gasteiger partial charge >= 0.3 is 12.0 Å². The number of rotatable bonds is 6. The molecule has 224 valence electrons. The van der Waals surface area contributed by atoms with E-state index in [0.29, 0.717) is 42.0 Å². The number of hydroxylamine groups is 1. The van der Waals surface area contributed by atoms with E-state index in [1.54, 1.807) is 18.2 Å². The summed E-state index contributed by atoms with van der Waals surface area (Å²) in [6, 6.07) is 14.5. The van der Waals surface area contributed by atoms with Gasteiger partial charge in [0.2, 0.25) is 0 Å². The predicted molar refractivity (Wildman–Crippen MR) is 162 cm³/mol.